The summed E-state index contributed by atoms with van der Waals surface area (Å²) in [5, 5.41) is 5.40. The minimum atomic E-state index is 0.616. The second-order valence-corrected chi connectivity index (χ2v) is 11.1. The van der Waals surface area contributed by atoms with Crippen molar-refractivity contribution < 1.29 is 4.42 Å². The van der Waals surface area contributed by atoms with E-state index in [9.17, 15) is 0 Å². The lowest BCUT2D eigenvalue weighted by Gasteiger charge is -2.12. The van der Waals surface area contributed by atoms with Gasteiger partial charge in [-0.05, 0) is 23.6 Å². The smallest absolute Gasteiger partial charge is 0.164 e. The van der Waals surface area contributed by atoms with Crippen molar-refractivity contribution in [1.82, 2.24) is 19.9 Å². The van der Waals surface area contributed by atoms with Crippen LogP contribution in [0.25, 0.3) is 89.0 Å². The van der Waals surface area contributed by atoms with Crippen molar-refractivity contribution in [3.05, 3.63) is 146 Å². The van der Waals surface area contributed by atoms with Crippen LogP contribution in [-0.2, 0) is 0 Å². The SMILES string of the molecule is c1ccc(-c2nc(-c3ccccc3)nc(-c3ccc(-c4nc5ccccc5c5ccc6c7ccccc7oc6c45)cc3)n2)cc1. The van der Waals surface area contributed by atoms with Crippen molar-refractivity contribution in [2.75, 3.05) is 0 Å². The Morgan fingerprint density at radius 2 is 0.867 bits per heavy atom. The van der Waals surface area contributed by atoms with Crippen LogP contribution in [-0.4, -0.2) is 19.9 Å². The summed E-state index contributed by atoms with van der Waals surface area (Å²) in [5.41, 5.74) is 7.31. The molecule has 0 saturated carbocycles. The van der Waals surface area contributed by atoms with Crippen LogP contribution in [0.15, 0.2) is 150 Å². The molecule has 0 aliphatic carbocycles. The molecule has 0 aliphatic heterocycles. The normalized spacial score (nSPS) is 11.6. The summed E-state index contributed by atoms with van der Waals surface area (Å²) in [5.74, 6) is 1.89. The van der Waals surface area contributed by atoms with E-state index in [1.165, 1.54) is 0 Å². The van der Waals surface area contributed by atoms with Crippen molar-refractivity contribution in [2.45, 2.75) is 0 Å². The molecule has 0 fully saturated rings. The Labute approximate surface area is 258 Å². The molecule has 0 aliphatic rings. The number of nitrogens with zero attached hydrogens (tertiary/aromatic N) is 4. The highest BCUT2D eigenvalue weighted by Crippen LogP contribution is 2.41. The largest absolute Gasteiger partial charge is 0.455 e. The molecule has 0 atom stereocenters. The minimum absolute atomic E-state index is 0.616. The number of furan rings is 1. The van der Waals surface area contributed by atoms with E-state index in [1.54, 1.807) is 0 Å². The number of hydrogen-bond donors (Lipinski definition) is 0. The van der Waals surface area contributed by atoms with Crippen molar-refractivity contribution in [1.29, 1.82) is 0 Å². The van der Waals surface area contributed by atoms with Gasteiger partial charge in [0.25, 0.3) is 0 Å². The Kier molecular flexibility index (Phi) is 5.74. The van der Waals surface area contributed by atoms with E-state index >= 15 is 0 Å². The fraction of sp³-hybridized carbons (Fsp3) is 0. The van der Waals surface area contributed by atoms with E-state index in [0.29, 0.717) is 17.5 Å². The van der Waals surface area contributed by atoms with E-state index in [-0.39, 0.29) is 0 Å². The molecule has 9 aromatic rings. The Morgan fingerprint density at radius 3 is 1.53 bits per heavy atom. The van der Waals surface area contributed by atoms with Gasteiger partial charge >= 0.3 is 0 Å². The van der Waals surface area contributed by atoms with Crippen LogP contribution in [0.2, 0.25) is 0 Å². The lowest BCUT2D eigenvalue weighted by Crippen LogP contribution is -2.00. The first-order valence-corrected chi connectivity index (χ1v) is 14.9. The van der Waals surface area contributed by atoms with Crippen LogP contribution in [0.4, 0.5) is 0 Å². The van der Waals surface area contributed by atoms with Crippen molar-refractivity contribution in [3.8, 4) is 45.4 Å². The first-order chi connectivity index (χ1) is 22.3. The van der Waals surface area contributed by atoms with E-state index < -0.39 is 0 Å². The van der Waals surface area contributed by atoms with Gasteiger partial charge < -0.3 is 4.42 Å². The van der Waals surface area contributed by atoms with Gasteiger partial charge in [-0.1, -0.05) is 127 Å². The van der Waals surface area contributed by atoms with Crippen LogP contribution in [0.1, 0.15) is 0 Å². The summed E-state index contributed by atoms with van der Waals surface area (Å²) in [6.45, 7) is 0. The quantitative estimate of drug-likeness (QED) is 0.195. The Balaban J connectivity index is 1.23. The summed E-state index contributed by atoms with van der Waals surface area (Å²) in [4.78, 5) is 19.8. The first kappa shape index (κ1) is 25.3. The number of fused-ring (bicyclic) bond motifs is 7. The molecule has 0 radical (unpaired) electrons. The zero-order valence-corrected chi connectivity index (χ0v) is 24.1. The maximum atomic E-state index is 6.51. The van der Waals surface area contributed by atoms with Crippen molar-refractivity contribution in [2.24, 2.45) is 0 Å². The van der Waals surface area contributed by atoms with E-state index in [4.69, 9.17) is 24.4 Å². The molecule has 0 N–H and O–H groups in total. The molecular weight excluding hydrogens is 552 g/mol. The Bertz CT molecular complexity index is 2460. The van der Waals surface area contributed by atoms with Gasteiger partial charge in [0.2, 0.25) is 0 Å². The zero-order valence-electron chi connectivity index (χ0n) is 24.1. The van der Waals surface area contributed by atoms with Crippen LogP contribution >= 0.6 is 0 Å². The van der Waals surface area contributed by atoms with Crippen LogP contribution in [0.5, 0.6) is 0 Å². The molecule has 0 saturated heterocycles. The van der Waals surface area contributed by atoms with Crippen molar-refractivity contribution >= 4 is 43.6 Å². The number of hydrogen-bond acceptors (Lipinski definition) is 5. The molecule has 45 heavy (non-hydrogen) atoms. The van der Waals surface area contributed by atoms with Gasteiger partial charge in [0.1, 0.15) is 11.2 Å². The second kappa shape index (κ2) is 10.2. The van der Waals surface area contributed by atoms with E-state index in [1.807, 2.05) is 84.9 Å². The van der Waals surface area contributed by atoms with E-state index in [0.717, 1.165) is 71.6 Å². The molecule has 5 nitrogen and oxygen atoms in total. The number of aromatic nitrogens is 4. The maximum absolute atomic E-state index is 6.51. The lowest BCUT2D eigenvalue weighted by molar-refractivity contribution is 0.672. The van der Waals surface area contributed by atoms with Crippen molar-refractivity contribution in [3.63, 3.8) is 0 Å². The standard InChI is InChI=1S/C40H24N4O/c1-3-11-26(12-4-1)38-42-39(27-13-5-2-6-14-27)44-40(43-38)28-21-19-25(20-22-28)36-35-31(29-15-7-9-17-33(29)41-36)23-24-32-30-16-8-10-18-34(30)45-37(32)35/h1-24H. The van der Waals surface area contributed by atoms with Gasteiger partial charge in [-0.25, -0.2) is 19.9 Å². The highest BCUT2D eigenvalue weighted by atomic mass is 16.3. The highest BCUT2D eigenvalue weighted by Gasteiger charge is 2.18. The Morgan fingerprint density at radius 1 is 0.356 bits per heavy atom. The molecule has 5 heteroatoms. The summed E-state index contributed by atoms with van der Waals surface area (Å²) < 4.78 is 6.51. The zero-order chi connectivity index (χ0) is 29.7. The van der Waals surface area contributed by atoms with Gasteiger partial charge in [0.15, 0.2) is 17.5 Å². The van der Waals surface area contributed by atoms with Gasteiger partial charge in [0, 0.05) is 38.4 Å². The molecule has 3 heterocycles. The van der Waals surface area contributed by atoms with Gasteiger partial charge in [-0.2, -0.15) is 0 Å². The fourth-order valence-corrected chi connectivity index (χ4v) is 6.15. The summed E-state index contributed by atoms with van der Waals surface area (Å²) in [6, 6.07) is 49.2. The molecule has 0 bridgehead atoms. The van der Waals surface area contributed by atoms with Crippen LogP contribution in [0, 0.1) is 0 Å². The maximum Gasteiger partial charge on any atom is 0.164 e. The molecule has 9 rings (SSSR count). The number of benzene rings is 6. The molecule has 0 spiro atoms. The predicted octanol–water partition coefficient (Wildman–Crippen LogP) is 10.1. The highest BCUT2D eigenvalue weighted by molar-refractivity contribution is 6.23. The number of para-hydroxylation sites is 2. The van der Waals surface area contributed by atoms with Crippen LogP contribution in [0.3, 0.4) is 0 Å². The average molecular weight is 577 g/mol. The molecule has 6 aromatic carbocycles. The number of rotatable bonds is 4. The summed E-state index contributed by atoms with van der Waals surface area (Å²) in [6.07, 6.45) is 0. The predicted molar refractivity (Wildman–Crippen MR) is 182 cm³/mol. The molecule has 3 aromatic heterocycles. The topological polar surface area (TPSA) is 64.7 Å². The fourth-order valence-electron chi connectivity index (χ4n) is 6.15. The molecule has 0 unspecified atom stereocenters. The van der Waals surface area contributed by atoms with Crippen LogP contribution < -0.4 is 0 Å². The third kappa shape index (κ3) is 4.25. The molecule has 210 valence electrons. The second-order valence-electron chi connectivity index (χ2n) is 11.1. The van der Waals surface area contributed by atoms with E-state index in [2.05, 4.69) is 60.7 Å². The first-order valence-electron chi connectivity index (χ1n) is 14.9. The Hall–Kier alpha value is -6.20. The molecular formula is C40H24N4O. The average Bonchev–Trinajstić information content (AvgIpc) is 3.51. The summed E-state index contributed by atoms with van der Waals surface area (Å²) >= 11 is 0. The summed E-state index contributed by atoms with van der Waals surface area (Å²) in [7, 11) is 0. The third-order valence-electron chi connectivity index (χ3n) is 8.33. The lowest BCUT2D eigenvalue weighted by atomic mass is 9.97. The third-order valence-corrected chi connectivity index (χ3v) is 8.33. The molecule has 0 amide bonds. The minimum Gasteiger partial charge on any atom is -0.455 e. The monoisotopic (exact) mass is 576 g/mol. The van der Waals surface area contributed by atoms with Gasteiger partial charge in [0.05, 0.1) is 16.6 Å². The number of pyridine rings is 1. The van der Waals surface area contributed by atoms with Gasteiger partial charge in [-0.3, -0.25) is 0 Å². The van der Waals surface area contributed by atoms with Gasteiger partial charge in [-0.15, -0.1) is 0 Å².